The SMILES string of the molecule is CS(=O)(=O)N1CCC(N2CCOC[C@@H](Cc3ccncn3)C2)CC1. The molecule has 3 heterocycles. The summed E-state index contributed by atoms with van der Waals surface area (Å²) in [7, 11) is -3.06. The normalized spacial score (nSPS) is 25.5. The average molecular weight is 354 g/mol. The van der Waals surface area contributed by atoms with E-state index in [0.29, 0.717) is 25.0 Å². The molecular formula is C16H26N4O3S. The summed E-state index contributed by atoms with van der Waals surface area (Å²) in [6, 6.07) is 2.40. The van der Waals surface area contributed by atoms with Crippen molar-refractivity contribution in [3.63, 3.8) is 0 Å². The topological polar surface area (TPSA) is 75.6 Å². The molecule has 1 aromatic heterocycles. The number of ether oxygens (including phenoxy) is 1. The minimum absolute atomic E-state index is 0.412. The average Bonchev–Trinajstić information content (AvgIpc) is 2.81. The molecule has 7 nitrogen and oxygen atoms in total. The van der Waals surface area contributed by atoms with E-state index in [1.807, 2.05) is 6.07 Å². The van der Waals surface area contributed by atoms with Gasteiger partial charge in [-0.2, -0.15) is 0 Å². The summed E-state index contributed by atoms with van der Waals surface area (Å²) in [6.45, 7) is 4.64. The third kappa shape index (κ3) is 4.72. The Kier molecular flexibility index (Phi) is 5.80. The van der Waals surface area contributed by atoms with E-state index in [1.165, 1.54) is 6.26 Å². The van der Waals surface area contributed by atoms with Crippen molar-refractivity contribution in [3.05, 3.63) is 24.3 Å². The smallest absolute Gasteiger partial charge is 0.211 e. The van der Waals surface area contributed by atoms with Crippen LogP contribution in [0.15, 0.2) is 18.6 Å². The summed E-state index contributed by atoms with van der Waals surface area (Å²) in [6.07, 6.45) is 7.34. The van der Waals surface area contributed by atoms with Crippen LogP contribution in [-0.4, -0.2) is 79.3 Å². The molecule has 0 spiro atoms. The fourth-order valence-electron chi connectivity index (χ4n) is 3.64. The standard InChI is InChI=1S/C16H26N4O3S/c1-24(21,22)20-6-3-16(4-7-20)19-8-9-23-12-14(11-19)10-15-2-5-17-13-18-15/h2,5,13-14,16H,3-4,6-12H2,1H3/t14-/m0/s1. The highest BCUT2D eigenvalue weighted by atomic mass is 32.2. The highest BCUT2D eigenvalue weighted by Crippen LogP contribution is 2.22. The number of piperidine rings is 1. The highest BCUT2D eigenvalue weighted by Gasteiger charge is 2.30. The number of hydrogen-bond acceptors (Lipinski definition) is 6. The van der Waals surface area contributed by atoms with Crippen molar-refractivity contribution in [2.75, 3.05) is 45.6 Å². The van der Waals surface area contributed by atoms with Crippen LogP contribution in [0.4, 0.5) is 0 Å². The van der Waals surface area contributed by atoms with Crippen molar-refractivity contribution in [1.82, 2.24) is 19.2 Å². The third-order valence-electron chi connectivity index (χ3n) is 4.92. The summed E-state index contributed by atoms with van der Waals surface area (Å²) in [5.41, 5.74) is 1.05. The fraction of sp³-hybridized carbons (Fsp3) is 0.750. The number of nitrogens with zero attached hydrogens (tertiary/aromatic N) is 4. The van der Waals surface area contributed by atoms with Gasteiger partial charge >= 0.3 is 0 Å². The van der Waals surface area contributed by atoms with E-state index in [-0.39, 0.29) is 0 Å². The zero-order chi connectivity index (χ0) is 17.0. The van der Waals surface area contributed by atoms with E-state index in [1.54, 1.807) is 16.8 Å². The summed E-state index contributed by atoms with van der Waals surface area (Å²) in [4.78, 5) is 10.8. The summed E-state index contributed by atoms with van der Waals surface area (Å²) >= 11 is 0. The molecule has 2 aliphatic rings. The molecule has 0 saturated carbocycles. The Morgan fingerprint density at radius 3 is 2.75 bits per heavy atom. The lowest BCUT2D eigenvalue weighted by Crippen LogP contribution is -2.48. The molecule has 0 unspecified atom stereocenters. The first kappa shape index (κ1) is 17.7. The van der Waals surface area contributed by atoms with Crippen LogP contribution < -0.4 is 0 Å². The number of hydrogen-bond donors (Lipinski definition) is 0. The Bertz CT molecular complexity index is 617. The lowest BCUT2D eigenvalue weighted by Gasteiger charge is -2.37. The summed E-state index contributed by atoms with van der Waals surface area (Å²) in [5.74, 6) is 0.412. The van der Waals surface area contributed by atoms with Gasteiger partial charge in [0.1, 0.15) is 6.33 Å². The molecule has 0 amide bonds. The van der Waals surface area contributed by atoms with Gasteiger partial charge in [0, 0.05) is 50.0 Å². The molecule has 2 aliphatic heterocycles. The molecular weight excluding hydrogens is 328 g/mol. The van der Waals surface area contributed by atoms with Crippen LogP contribution in [0.25, 0.3) is 0 Å². The number of aromatic nitrogens is 2. The molecule has 0 N–H and O–H groups in total. The van der Waals surface area contributed by atoms with Crippen molar-refractivity contribution in [2.45, 2.75) is 25.3 Å². The minimum Gasteiger partial charge on any atom is -0.380 e. The maximum atomic E-state index is 11.7. The Balaban J connectivity index is 1.57. The predicted molar refractivity (Wildman–Crippen MR) is 91.1 cm³/mol. The van der Waals surface area contributed by atoms with E-state index < -0.39 is 10.0 Å². The van der Waals surface area contributed by atoms with Crippen LogP contribution in [0, 0.1) is 5.92 Å². The van der Waals surface area contributed by atoms with Gasteiger partial charge in [0.15, 0.2) is 0 Å². The molecule has 3 rings (SSSR count). The Labute approximate surface area is 144 Å². The molecule has 2 saturated heterocycles. The van der Waals surface area contributed by atoms with Gasteiger partial charge in [-0.25, -0.2) is 22.7 Å². The van der Waals surface area contributed by atoms with Crippen molar-refractivity contribution in [3.8, 4) is 0 Å². The molecule has 1 aromatic rings. The van der Waals surface area contributed by atoms with Gasteiger partial charge in [-0.1, -0.05) is 0 Å². The summed E-state index contributed by atoms with van der Waals surface area (Å²) in [5, 5.41) is 0. The van der Waals surface area contributed by atoms with Crippen LogP contribution >= 0.6 is 0 Å². The molecule has 134 valence electrons. The molecule has 24 heavy (non-hydrogen) atoms. The van der Waals surface area contributed by atoms with Crippen LogP contribution in [0.3, 0.4) is 0 Å². The third-order valence-corrected chi connectivity index (χ3v) is 6.22. The van der Waals surface area contributed by atoms with E-state index in [0.717, 1.165) is 51.3 Å². The number of rotatable bonds is 4. The second kappa shape index (κ2) is 7.86. The van der Waals surface area contributed by atoms with Crippen LogP contribution in [-0.2, 0) is 21.2 Å². The molecule has 8 heteroatoms. The Hall–Kier alpha value is -1.09. The number of sulfonamides is 1. The largest absolute Gasteiger partial charge is 0.380 e. The first-order chi connectivity index (χ1) is 11.5. The van der Waals surface area contributed by atoms with Crippen molar-refractivity contribution < 1.29 is 13.2 Å². The van der Waals surface area contributed by atoms with E-state index in [2.05, 4.69) is 14.9 Å². The second-order valence-electron chi connectivity index (χ2n) is 6.73. The zero-order valence-corrected chi connectivity index (χ0v) is 15.0. The van der Waals surface area contributed by atoms with Gasteiger partial charge in [-0.3, -0.25) is 4.90 Å². The van der Waals surface area contributed by atoms with Crippen molar-refractivity contribution in [2.24, 2.45) is 5.92 Å². The van der Waals surface area contributed by atoms with Gasteiger partial charge in [0.2, 0.25) is 10.0 Å². The van der Waals surface area contributed by atoms with Gasteiger partial charge in [0.05, 0.1) is 19.5 Å². The quantitative estimate of drug-likeness (QED) is 0.779. The van der Waals surface area contributed by atoms with Crippen LogP contribution in [0.1, 0.15) is 18.5 Å². The molecule has 0 aromatic carbocycles. The second-order valence-corrected chi connectivity index (χ2v) is 8.72. The van der Waals surface area contributed by atoms with Crippen molar-refractivity contribution in [1.29, 1.82) is 0 Å². The maximum Gasteiger partial charge on any atom is 0.211 e. The Morgan fingerprint density at radius 1 is 1.29 bits per heavy atom. The van der Waals surface area contributed by atoms with E-state index in [4.69, 9.17) is 4.74 Å². The minimum atomic E-state index is -3.06. The fourth-order valence-corrected chi connectivity index (χ4v) is 4.51. The van der Waals surface area contributed by atoms with E-state index >= 15 is 0 Å². The predicted octanol–water partition coefficient (Wildman–Crippen LogP) is 0.392. The lowest BCUT2D eigenvalue weighted by atomic mass is 9.99. The molecule has 0 aliphatic carbocycles. The zero-order valence-electron chi connectivity index (χ0n) is 14.2. The van der Waals surface area contributed by atoms with Gasteiger partial charge < -0.3 is 4.74 Å². The van der Waals surface area contributed by atoms with Crippen LogP contribution in [0.2, 0.25) is 0 Å². The van der Waals surface area contributed by atoms with Crippen molar-refractivity contribution >= 4 is 10.0 Å². The maximum absolute atomic E-state index is 11.7. The highest BCUT2D eigenvalue weighted by molar-refractivity contribution is 7.88. The first-order valence-electron chi connectivity index (χ1n) is 8.54. The summed E-state index contributed by atoms with van der Waals surface area (Å²) < 4.78 is 30.7. The molecule has 2 fully saturated rings. The van der Waals surface area contributed by atoms with Gasteiger partial charge in [0.25, 0.3) is 0 Å². The molecule has 0 radical (unpaired) electrons. The monoisotopic (exact) mass is 354 g/mol. The van der Waals surface area contributed by atoms with E-state index in [9.17, 15) is 8.42 Å². The molecule has 0 bridgehead atoms. The lowest BCUT2D eigenvalue weighted by molar-refractivity contribution is 0.113. The Morgan fingerprint density at radius 2 is 2.08 bits per heavy atom. The molecule has 1 atom stereocenters. The van der Waals surface area contributed by atoms with Gasteiger partial charge in [-0.15, -0.1) is 0 Å². The van der Waals surface area contributed by atoms with Gasteiger partial charge in [-0.05, 0) is 25.3 Å². The first-order valence-corrected chi connectivity index (χ1v) is 10.4. The van der Waals surface area contributed by atoms with Crippen LogP contribution in [0.5, 0.6) is 0 Å².